The van der Waals surface area contributed by atoms with Crippen molar-refractivity contribution in [1.82, 2.24) is 9.97 Å². The Morgan fingerprint density at radius 3 is 3.05 bits per heavy atom. The molecule has 0 bridgehead atoms. The largest absolute Gasteiger partial charge is 0.382 e. The number of methoxy groups -OCH3 is 1. The van der Waals surface area contributed by atoms with Crippen molar-refractivity contribution in [3.05, 3.63) is 24.3 Å². The van der Waals surface area contributed by atoms with Crippen molar-refractivity contribution in [2.75, 3.05) is 31.7 Å². The number of anilines is 1. The molecule has 2 aromatic rings. The average Bonchev–Trinajstić information content (AvgIpc) is 2.82. The molecule has 3 rings (SSSR count). The third-order valence-electron chi connectivity index (χ3n) is 3.36. The summed E-state index contributed by atoms with van der Waals surface area (Å²) in [5.41, 5.74) is 2.07. The van der Waals surface area contributed by atoms with E-state index in [2.05, 4.69) is 21.8 Å². The lowest BCUT2D eigenvalue weighted by Gasteiger charge is -2.36. The molecule has 1 aliphatic heterocycles. The van der Waals surface area contributed by atoms with Gasteiger partial charge in [0.25, 0.3) is 0 Å². The zero-order valence-corrected chi connectivity index (χ0v) is 11.3. The van der Waals surface area contributed by atoms with Crippen molar-refractivity contribution >= 4 is 17.0 Å². The van der Waals surface area contributed by atoms with Crippen LogP contribution in [0.15, 0.2) is 24.3 Å². The van der Waals surface area contributed by atoms with Crippen molar-refractivity contribution < 1.29 is 9.47 Å². The molecule has 1 aliphatic rings. The van der Waals surface area contributed by atoms with Gasteiger partial charge in [0.2, 0.25) is 5.95 Å². The SMILES string of the molecule is COCC1CN(c2nc3ccccc3[nH]2)CC(C)O1. The molecule has 0 aliphatic carbocycles. The molecule has 19 heavy (non-hydrogen) atoms. The normalized spacial score (nSPS) is 24.0. The molecule has 5 heteroatoms. The van der Waals surface area contributed by atoms with E-state index < -0.39 is 0 Å². The maximum absolute atomic E-state index is 5.84. The summed E-state index contributed by atoms with van der Waals surface area (Å²) in [6.07, 6.45) is 0.282. The van der Waals surface area contributed by atoms with E-state index in [0.29, 0.717) is 6.61 Å². The van der Waals surface area contributed by atoms with Gasteiger partial charge >= 0.3 is 0 Å². The van der Waals surface area contributed by atoms with Crippen molar-refractivity contribution in [2.24, 2.45) is 0 Å². The second-order valence-electron chi connectivity index (χ2n) is 5.01. The van der Waals surface area contributed by atoms with E-state index in [1.165, 1.54) is 0 Å². The van der Waals surface area contributed by atoms with Gasteiger partial charge in [0.05, 0.1) is 29.8 Å². The first kappa shape index (κ1) is 12.4. The van der Waals surface area contributed by atoms with Gasteiger partial charge in [0, 0.05) is 20.2 Å². The number of para-hydroxylation sites is 2. The fourth-order valence-corrected chi connectivity index (χ4v) is 2.59. The zero-order chi connectivity index (χ0) is 13.2. The molecule has 0 saturated carbocycles. The molecule has 1 aromatic heterocycles. The number of nitrogens with zero attached hydrogens (tertiary/aromatic N) is 2. The number of morpholine rings is 1. The van der Waals surface area contributed by atoms with Crippen LogP contribution in [0, 0.1) is 0 Å². The van der Waals surface area contributed by atoms with Gasteiger partial charge in [0.1, 0.15) is 0 Å². The van der Waals surface area contributed by atoms with Crippen LogP contribution in [-0.4, -0.2) is 49.0 Å². The van der Waals surface area contributed by atoms with E-state index >= 15 is 0 Å². The highest BCUT2D eigenvalue weighted by molar-refractivity contribution is 5.77. The van der Waals surface area contributed by atoms with Gasteiger partial charge < -0.3 is 19.4 Å². The molecular formula is C14H19N3O2. The van der Waals surface area contributed by atoms with Gasteiger partial charge in [-0.05, 0) is 19.1 Å². The Hall–Kier alpha value is -1.59. The van der Waals surface area contributed by atoms with Crippen molar-refractivity contribution in [3.8, 4) is 0 Å². The molecule has 1 N–H and O–H groups in total. The highest BCUT2D eigenvalue weighted by atomic mass is 16.5. The van der Waals surface area contributed by atoms with E-state index in [9.17, 15) is 0 Å². The maximum Gasteiger partial charge on any atom is 0.204 e. The lowest BCUT2D eigenvalue weighted by molar-refractivity contribution is -0.0514. The summed E-state index contributed by atoms with van der Waals surface area (Å²) in [6, 6.07) is 8.08. The minimum atomic E-state index is 0.0990. The standard InChI is InChI=1S/C14H19N3O2/c1-10-7-17(8-11(19-10)9-18-2)14-15-12-5-3-4-6-13(12)16-14/h3-6,10-11H,7-9H2,1-2H3,(H,15,16). The number of hydrogen-bond donors (Lipinski definition) is 1. The van der Waals surface area contributed by atoms with E-state index in [4.69, 9.17) is 9.47 Å². The molecule has 1 fully saturated rings. The molecule has 1 aromatic carbocycles. The van der Waals surface area contributed by atoms with Crippen LogP contribution in [0.4, 0.5) is 5.95 Å². The first-order chi connectivity index (χ1) is 9.26. The molecule has 2 atom stereocenters. The Morgan fingerprint density at radius 1 is 1.42 bits per heavy atom. The van der Waals surface area contributed by atoms with Crippen LogP contribution >= 0.6 is 0 Å². The molecule has 0 spiro atoms. The maximum atomic E-state index is 5.84. The quantitative estimate of drug-likeness (QED) is 0.915. The van der Waals surface area contributed by atoms with Crippen molar-refractivity contribution in [2.45, 2.75) is 19.1 Å². The third-order valence-corrected chi connectivity index (χ3v) is 3.36. The summed E-state index contributed by atoms with van der Waals surface area (Å²) in [5.74, 6) is 0.914. The molecule has 5 nitrogen and oxygen atoms in total. The summed E-state index contributed by atoms with van der Waals surface area (Å²) < 4.78 is 11.0. The van der Waals surface area contributed by atoms with E-state index in [-0.39, 0.29) is 12.2 Å². The predicted molar refractivity (Wildman–Crippen MR) is 74.5 cm³/mol. The minimum absolute atomic E-state index is 0.0990. The Kier molecular flexibility index (Phi) is 3.40. The van der Waals surface area contributed by atoms with Gasteiger partial charge in [0.15, 0.2) is 0 Å². The molecule has 2 heterocycles. The molecule has 0 amide bonds. The summed E-state index contributed by atoms with van der Waals surface area (Å²) in [7, 11) is 1.70. The lowest BCUT2D eigenvalue weighted by atomic mass is 10.2. The zero-order valence-electron chi connectivity index (χ0n) is 11.3. The van der Waals surface area contributed by atoms with Crippen LogP contribution in [0.5, 0.6) is 0 Å². The number of aromatic nitrogens is 2. The van der Waals surface area contributed by atoms with Crippen LogP contribution in [0.2, 0.25) is 0 Å². The lowest BCUT2D eigenvalue weighted by Crippen LogP contribution is -2.48. The average molecular weight is 261 g/mol. The van der Waals surface area contributed by atoms with Crippen LogP contribution in [0.3, 0.4) is 0 Å². The number of nitrogens with one attached hydrogen (secondary N) is 1. The van der Waals surface area contributed by atoms with Crippen molar-refractivity contribution in [1.29, 1.82) is 0 Å². The number of H-pyrrole nitrogens is 1. The van der Waals surface area contributed by atoms with Gasteiger partial charge in [-0.25, -0.2) is 4.98 Å². The fourth-order valence-electron chi connectivity index (χ4n) is 2.59. The minimum Gasteiger partial charge on any atom is -0.382 e. The third kappa shape index (κ3) is 2.57. The Bertz CT molecular complexity index is 521. The van der Waals surface area contributed by atoms with Gasteiger partial charge in [-0.1, -0.05) is 12.1 Å². The van der Waals surface area contributed by atoms with Crippen LogP contribution in [-0.2, 0) is 9.47 Å². The van der Waals surface area contributed by atoms with Gasteiger partial charge in [-0.15, -0.1) is 0 Å². The van der Waals surface area contributed by atoms with Crippen LogP contribution < -0.4 is 4.90 Å². The van der Waals surface area contributed by atoms with Crippen LogP contribution in [0.1, 0.15) is 6.92 Å². The number of benzene rings is 1. The number of aromatic amines is 1. The summed E-state index contributed by atoms with van der Waals surface area (Å²) in [5, 5.41) is 0. The summed E-state index contributed by atoms with van der Waals surface area (Å²) in [6.45, 7) is 4.34. The first-order valence-electron chi connectivity index (χ1n) is 6.60. The smallest absolute Gasteiger partial charge is 0.204 e. The van der Waals surface area contributed by atoms with Gasteiger partial charge in [-0.2, -0.15) is 0 Å². The number of hydrogen-bond acceptors (Lipinski definition) is 4. The second kappa shape index (κ2) is 5.19. The number of fused-ring (bicyclic) bond motifs is 1. The number of rotatable bonds is 3. The Balaban J connectivity index is 1.83. The van der Waals surface area contributed by atoms with Crippen molar-refractivity contribution in [3.63, 3.8) is 0 Å². The predicted octanol–water partition coefficient (Wildman–Crippen LogP) is 1.80. The Morgan fingerprint density at radius 2 is 2.26 bits per heavy atom. The highest BCUT2D eigenvalue weighted by Gasteiger charge is 2.26. The highest BCUT2D eigenvalue weighted by Crippen LogP contribution is 2.21. The molecular weight excluding hydrogens is 242 g/mol. The summed E-state index contributed by atoms with van der Waals surface area (Å²) >= 11 is 0. The van der Waals surface area contributed by atoms with E-state index in [0.717, 1.165) is 30.1 Å². The molecule has 2 unspecified atom stereocenters. The van der Waals surface area contributed by atoms with Gasteiger partial charge in [-0.3, -0.25) is 0 Å². The fraction of sp³-hybridized carbons (Fsp3) is 0.500. The van der Waals surface area contributed by atoms with E-state index in [1.54, 1.807) is 7.11 Å². The number of ether oxygens (including phenoxy) is 2. The molecule has 102 valence electrons. The van der Waals surface area contributed by atoms with E-state index in [1.807, 2.05) is 24.3 Å². The monoisotopic (exact) mass is 261 g/mol. The molecule has 0 radical (unpaired) electrons. The summed E-state index contributed by atoms with van der Waals surface area (Å²) in [4.78, 5) is 10.2. The Labute approximate surface area is 112 Å². The molecule has 1 saturated heterocycles. The topological polar surface area (TPSA) is 50.4 Å². The second-order valence-corrected chi connectivity index (χ2v) is 5.01. The first-order valence-corrected chi connectivity index (χ1v) is 6.60. The van der Waals surface area contributed by atoms with Crippen LogP contribution in [0.25, 0.3) is 11.0 Å². The number of imidazole rings is 1.